The summed E-state index contributed by atoms with van der Waals surface area (Å²) in [5, 5.41) is 6.84. The number of hydrogen-bond donors (Lipinski definition) is 2. The predicted molar refractivity (Wildman–Crippen MR) is 90.4 cm³/mol. The van der Waals surface area contributed by atoms with Crippen LogP contribution in [0.25, 0.3) is 11.3 Å². The summed E-state index contributed by atoms with van der Waals surface area (Å²) in [6.07, 6.45) is -1.69. The fourth-order valence-corrected chi connectivity index (χ4v) is 2.99. The van der Waals surface area contributed by atoms with Gasteiger partial charge < -0.3 is 15.8 Å². The highest BCUT2D eigenvalue weighted by molar-refractivity contribution is 5.72. The zero-order valence-electron chi connectivity index (χ0n) is 14.6. The molecule has 3 rings (SSSR count). The Labute approximate surface area is 148 Å². The molecule has 1 aliphatic heterocycles. The standard InChI is InChI=1S/C16H21F3N6O/c1-9-11(8-22-25(9)2)13-12(16(17,18)19)14(24-15(20)23-13)21-7-10-3-5-26-6-4-10/h8,10H,3-7H2,1-2H3,(H3,20,21,23,24). The highest BCUT2D eigenvalue weighted by atomic mass is 19.4. The predicted octanol–water partition coefficient (Wildman–Crippen LogP) is 2.63. The SMILES string of the molecule is Cc1c(-c2nc(N)nc(NCC3CCOCC3)c2C(F)(F)F)cnn1C. The van der Waals surface area contributed by atoms with Crippen molar-refractivity contribution in [1.29, 1.82) is 0 Å². The first-order valence-corrected chi connectivity index (χ1v) is 8.32. The van der Waals surface area contributed by atoms with Gasteiger partial charge in [0.15, 0.2) is 0 Å². The fraction of sp³-hybridized carbons (Fsp3) is 0.562. The number of aromatic nitrogens is 4. The fourth-order valence-electron chi connectivity index (χ4n) is 2.99. The highest BCUT2D eigenvalue weighted by Gasteiger charge is 2.40. The summed E-state index contributed by atoms with van der Waals surface area (Å²) >= 11 is 0. The number of hydrogen-bond acceptors (Lipinski definition) is 6. The van der Waals surface area contributed by atoms with Gasteiger partial charge in [0, 0.05) is 38.1 Å². The first kappa shape index (κ1) is 18.4. The van der Waals surface area contributed by atoms with Crippen LogP contribution < -0.4 is 11.1 Å². The third-order valence-corrected chi connectivity index (χ3v) is 4.60. The number of nitrogens with two attached hydrogens (primary N) is 1. The monoisotopic (exact) mass is 370 g/mol. The number of nitrogen functional groups attached to an aromatic ring is 1. The molecule has 3 N–H and O–H groups in total. The average Bonchev–Trinajstić information content (AvgIpc) is 2.91. The van der Waals surface area contributed by atoms with Crippen molar-refractivity contribution in [3.05, 3.63) is 17.5 Å². The Morgan fingerprint density at radius 2 is 2.00 bits per heavy atom. The van der Waals surface area contributed by atoms with Crippen molar-refractivity contribution in [3.63, 3.8) is 0 Å². The second-order valence-corrected chi connectivity index (χ2v) is 6.36. The Hall–Kier alpha value is -2.36. The lowest BCUT2D eigenvalue weighted by Gasteiger charge is -2.24. The maximum atomic E-state index is 13.8. The Balaban J connectivity index is 2.01. The van der Waals surface area contributed by atoms with Crippen molar-refractivity contribution in [3.8, 4) is 11.3 Å². The first-order chi connectivity index (χ1) is 12.3. The Kier molecular flexibility index (Phi) is 5.03. The van der Waals surface area contributed by atoms with Crippen molar-refractivity contribution in [2.75, 3.05) is 30.8 Å². The number of nitrogens with zero attached hydrogens (tertiary/aromatic N) is 4. The van der Waals surface area contributed by atoms with Crippen LogP contribution in [0.15, 0.2) is 6.20 Å². The van der Waals surface area contributed by atoms with Crippen molar-refractivity contribution in [2.45, 2.75) is 25.9 Å². The molecule has 2 aromatic rings. The normalized spacial score (nSPS) is 16.0. The van der Waals surface area contributed by atoms with Crippen molar-refractivity contribution >= 4 is 11.8 Å². The van der Waals surface area contributed by atoms with Crippen LogP contribution in [-0.4, -0.2) is 39.5 Å². The van der Waals surface area contributed by atoms with Crippen LogP contribution >= 0.6 is 0 Å². The third kappa shape index (κ3) is 3.74. The van der Waals surface area contributed by atoms with E-state index in [0.29, 0.717) is 25.5 Å². The molecule has 0 spiro atoms. The topological polar surface area (TPSA) is 90.9 Å². The molecular weight excluding hydrogens is 349 g/mol. The molecule has 1 fully saturated rings. The molecule has 2 aromatic heterocycles. The van der Waals surface area contributed by atoms with Gasteiger partial charge in [-0.1, -0.05) is 0 Å². The molecule has 0 bridgehead atoms. The summed E-state index contributed by atoms with van der Waals surface area (Å²) in [6.45, 7) is 3.28. The van der Waals surface area contributed by atoms with E-state index < -0.39 is 11.7 Å². The minimum Gasteiger partial charge on any atom is -0.381 e. The zero-order chi connectivity index (χ0) is 18.9. The van der Waals surface area contributed by atoms with E-state index in [1.165, 1.54) is 10.9 Å². The number of halogens is 3. The van der Waals surface area contributed by atoms with Crippen LogP contribution in [0.2, 0.25) is 0 Å². The summed E-state index contributed by atoms with van der Waals surface area (Å²) < 4.78 is 48.2. The number of ether oxygens (including phenoxy) is 1. The van der Waals surface area contributed by atoms with E-state index in [1.54, 1.807) is 14.0 Å². The van der Waals surface area contributed by atoms with Gasteiger partial charge in [-0.2, -0.15) is 23.3 Å². The van der Waals surface area contributed by atoms with Gasteiger partial charge in [-0.05, 0) is 25.7 Å². The van der Waals surface area contributed by atoms with Crippen molar-refractivity contribution < 1.29 is 17.9 Å². The molecule has 0 saturated carbocycles. The van der Waals surface area contributed by atoms with Crippen LogP contribution in [-0.2, 0) is 18.0 Å². The molecule has 0 amide bonds. The molecular formula is C16H21F3N6O. The number of aryl methyl sites for hydroxylation is 1. The number of alkyl halides is 3. The Morgan fingerprint density at radius 3 is 2.58 bits per heavy atom. The van der Waals surface area contributed by atoms with Crippen LogP contribution in [0.3, 0.4) is 0 Å². The van der Waals surface area contributed by atoms with Crippen molar-refractivity contribution in [1.82, 2.24) is 19.7 Å². The van der Waals surface area contributed by atoms with Crippen LogP contribution in [0.5, 0.6) is 0 Å². The molecule has 142 valence electrons. The molecule has 3 heterocycles. The van der Waals surface area contributed by atoms with Gasteiger partial charge >= 0.3 is 6.18 Å². The lowest BCUT2D eigenvalue weighted by molar-refractivity contribution is -0.136. The van der Waals surface area contributed by atoms with Gasteiger partial charge in [0.2, 0.25) is 5.95 Å². The third-order valence-electron chi connectivity index (χ3n) is 4.60. The van der Waals surface area contributed by atoms with Gasteiger partial charge in [0.05, 0.1) is 11.9 Å². The van der Waals surface area contributed by atoms with E-state index >= 15 is 0 Å². The molecule has 1 aliphatic rings. The molecule has 0 aliphatic carbocycles. The first-order valence-electron chi connectivity index (χ1n) is 8.32. The quantitative estimate of drug-likeness (QED) is 0.860. The molecule has 10 heteroatoms. The molecule has 7 nitrogen and oxygen atoms in total. The molecule has 0 atom stereocenters. The van der Waals surface area contributed by atoms with Gasteiger partial charge in [-0.15, -0.1) is 0 Å². The van der Waals surface area contributed by atoms with E-state index in [2.05, 4.69) is 20.4 Å². The van der Waals surface area contributed by atoms with E-state index in [-0.39, 0.29) is 28.9 Å². The highest BCUT2D eigenvalue weighted by Crippen LogP contribution is 2.41. The Morgan fingerprint density at radius 1 is 1.31 bits per heavy atom. The molecule has 0 unspecified atom stereocenters. The average molecular weight is 370 g/mol. The number of anilines is 2. The van der Waals surface area contributed by atoms with E-state index in [0.717, 1.165) is 12.8 Å². The second-order valence-electron chi connectivity index (χ2n) is 6.36. The number of nitrogens with one attached hydrogen (secondary N) is 1. The summed E-state index contributed by atoms with van der Waals surface area (Å²) in [4.78, 5) is 7.70. The molecule has 0 aromatic carbocycles. The lowest BCUT2D eigenvalue weighted by atomic mass is 10.00. The van der Waals surface area contributed by atoms with Crippen LogP contribution in [0.4, 0.5) is 24.9 Å². The van der Waals surface area contributed by atoms with E-state index in [1.807, 2.05) is 0 Å². The van der Waals surface area contributed by atoms with Gasteiger partial charge in [-0.25, -0.2) is 4.98 Å². The molecule has 26 heavy (non-hydrogen) atoms. The minimum absolute atomic E-state index is 0.217. The van der Waals surface area contributed by atoms with E-state index in [9.17, 15) is 13.2 Å². The van der Waals surface area contributed by atoms with Gasteiger partial charge in [0.1, 0.15) is 11.4 Å². The minimum atomic E-state index is -4.64. The van der Waals surface area contributed by atoms with E-state index in [4.69, 9.17) is 10.5 Å². The van der Waals surface area contributed by atoms with Crippen LogP contribution in [0, 0.1) is 12.8 Å². The summed E-state index contributed by atoms with van der Waals surface area (Å²) in [6, 6.07) is 0. The van der Waals surface area contributed by atoms with Crippen molar-refractivity contribution in [2.24, 2.45) is 13.0 Å². The zero-order valence-corrected chi connectivity index (χ0v) is 14.6. The Bertz CT molecular complexity index is 783. The lowest BCUT2D eigenvalue weighted by Crippen LogP contribution is -2.25. The maximum Gasteiger partial charge on any atom is 0.422 e. The van der Waals surface area contributed by atoms with Gasteiger partial charge in [0.25, 0.3) is 0 Å². The summed E-state index contributed by atoms with van der Waals surface area (Å²) in [5.74, 6) is -0.287. The molecule has 1 saturated heterocycles. The van der Waals surface area contributed by atoms with Crippen LogP contribution in [0.1, 0.15) is 24.1 Å². The summed E-state index contributed by atoms with van der Waals surface area (Å²) in [7, 11) is 1.65. The number of rotatable bonds is 4. The second kappa shape index (κ2) is 7.10. The largest absolute Gasteiger partial charge is 0.422 e. The summed E-state index contributed by atoms with van der Waals surface area (Å²) in [5.41, 5.74) is 5.36. The van der Waals surface area contributed by atoms with Gasteiger partial charge in [-0.3, -0.25) is 4.68 Å². The smallest absolute Gasteiger partial charge is 0.381 e. The maximum absolute atomic E-state index is 13.8. The molecule has 0 radical (unpaired) electrons.